The topological polar surface area (TPSA) is 68.2 Å². The summed E-state index contributed by atoms with van der Waals surface area (Å²) in [4.78, 5) is 5.93. The molecule has 1 saturated heterocycles. The molecule has 9 heteroatoms. The van der Waals surface area contributed by atoms with E-state index in [1.54, 1.807) is 0 Å². The molecule has 0 saturated carbocycles. The minimum absolute atomic E-state index is 0. The van der Waals surface area contributed by atoms with Gasteiger partial charge in [0.15, 0.2) is 5.82 Å². The Morgan fingerprint density at radius 3 is 2.56 bits per heavy atom. The fourth-order valence-corrected chi connectivity index (χ4v) is 3.20. The van der Waals surface area contributed by atoms with Gasteiger partial charge in [-0.2, -0.15) is 18.2 Å². The Morgan fingerprint density at radius 2 is 1.92 bits per heavy atom. The summed E-state index contributed by atoms with van der Waals surface area (Å²) in [5.41, 5.74) is 7.11. The van der Waals surface area contributed by atoms with Gasteiger partial charge in [0.25, 0.3) is 0 Å². The van der Waals surface area contributed by atoms with Crippen LogP contribution in [0.5, 0.6) is 0 Å². The Hall–Kier alpha value is -1.64. The van der Waals surface area contributed by atoms with Crippen molar-refractivity contribution in [2.24, 2.45) is 11.7 Å². The highest BCUT2D eigenvalue weighted by molar-refractivity contribution is 5.85. The summed E-state index contributed by atoms with van der Waals surface area (Å²) in [7, 11) is 0. The Morgan fingerprint density at radius 1 is 1.20 bits per heavy atom. The molecule has 2 heterocycles. The summed E-state index contributed by atoms with van der Waals surface area (Å²) in [6.07, 6.45) is -5.51. The number of halogens is 4. The van der Waals surface area contributed by atoms with Crippen LogP contribution in [-0.2, 0) is 13.0 Å². The summed E-state index contributed by atoms with van der Waals surface area (Å²) in [5.74, 6) is 0.476. The van der Waals surface area contributed by atoms with E-state index in [1.165, 1.54) is 5.56 Å². The minimum atomic E-state index is -4.34. The van der Waals surface area contributed by atoms with Gasteiger partial charge in [-0.3, -0.25) is 4.90 Å². The van der Waals surface area contributed by atoms with E-state index in [0.717, 1.165) is 13.1 Å². The number of nitrogens with zero attached hydrogens (tertiary/aromatic N) is 3. The molecular weight excluding hydrogens is 357 g/mol. The fraction of sp³-hybridized carbons (Fsp3) is 0.500. The third-order valence-electron chi connectivity index (χ3n) is 4.27. The maximum atomic E-state index is 12.3. The molecule has 1 aliphatic rings. The van der Waals surface area contributed by atoms with E-state index in [2.05, 4.69) is 27.2 Å². The summed E-state index contributed by atoms with van der Waals surface area (Å²) in [5, 5.41) is 3.40. The van der Waals surface area contributed by atoms with Gasteiger partial charge in [-0.25, -0.2) is 0 Å². The first kappa shape index (κ1) is 19.7. The quantitative estimate of drug-likeness (QED) is 0.869. The molecule has 2 atom stereocenters. The van der Waals surface area contributed by atoms with E-state index >= 15 is 0 Å². The summed E-state index contributed by atoms with van der Waals surface area (Å²) in [6.45, 7) is 2.42. The van der Waals surface area contributed by atoms with Gasteiger partial charge >= 0.3 is 6.18 Å². The standard InChI is InChI=1S/C16H19F3N4O.ClH/c17-16(18,19)6-14-21-15(24-22-14)10-23-8-12(7-20)13(9-23)11-4-2-1-3-5-11;/h1-5,12-13H,6-10,20H2;1H/t12-,13+;/m1./s1. The normalized spacial score (nSPS) is 21.3. The highest BCUT2D eigenvalue weighted by atomic mass is 35.5. The third kappa shape index (κ3) is 5.17. The van der Waals surface area contributed by atoms with E-state index in [0.29, 0.717) is 24.9 Å². The molecule has 1 fully saturated rings. The van der Waals surface area contributed by atoms with Crippen LogP contribution in [-0.4, -0.2) is 40.9 Å². The zero-order chi connectivity index (χ0) is 17.2. The number of hydrogen-bond donors (Lipinski definition) is 1. The van der Waals surface area contributed by atoms with Gasteiger partial charge in [0.1, 0.15) is 6.42 Å². The molecule has 1 aliphatic heterocycles. The van der Waals surface area contributed by atoms with Crippen molar-refractivity contribution in [2.75, 3.05) is 19.6 Å². The second-order valence-corrected chi connectivity index (χ2v) is 6.10. The first-order valence-electron chi connectivity index (χ1n) is 7.80. The van der Waals surface area contributed by atoms with Crippen LogP contribution in [0.3, 0.4) is 0 Å². The van der Waals surface area contributed by atoms with Crippen LogP contribution in [0, 0.1) is 5.92 Å². The van der Waals surface area contributed by atoms with E-state index < -0.39 is 12.6 Å². The fourth-order valence-electron chi connectivity index (χ4n) is 3.20. The lowest BCUT2D eigenvalue weighted by molar-refractivity contribution is -0.128. The molecule has 0 amide bonds. The largest absolute Gasteiger partial charge is 0.396 e. The second-order valence-electron chi connectivity index (χ2n) is 6.10. The second kappa shape index (κ2) is 8.16. The average Bonchev–Trinajstić information content (AvgIpc) is 3.13. The van der Waals surface area contributed by atoms with Crippen molar-refractivity contribution in [2.45, 2.75) is 25.1 Å². The van der Waals surface area contributed by atoms with E-state index in [1.807, 2.05) is 18.2 Å². The highest BCUT2D eigenvalue weighted by Gasteiger charge is 2.34. The van der Waals surface area contributed by atoms with Gasteiger partial charge in [0.2, 0.25) is 5.89 Å². The molecule has 0 unspecified atom stereocenters. The van der Waals surface area contributed by atoms with Gasteiger partial charge < -0.3 is 10.3 Å². The van der Waals surface area contributed by atoms with E-state index in [-0.39, 0.29) is 24.1 Å². The molecule has 0 spiro atoms. The Bertz CT molecular complexity index is 665. The van der Waals surface area contributed by atoms with Gasteiger partial charge in [0, 0.05) is 19.0 Å². The van der Waals surface area contributed by atoms with Crippen LogP contribution < -0.4 is 5.73 Å². The molecule has 0 bridgehead atoms. The predicted octanol–water partition coefficient (Wildman–Crippen LogP) is 2.77. The number of aromatic nitrogens is 2. The summed E-state index contributed by atoms with van der Waals surface area (Å²) in [6, 6.07) is 10.1. The summed E-state index contributed by atoms with van der Waals surface area (Å²) < 4.78 is 42.0. The van der Waals surface area contributed by atoms with Crippen molar-refractivity contribution in [3.63, 3.8) is 0 Å². The Labute approximate surface area is 149 Å². The molecule has 1 aromatic carbocycles. The smallest absolute Gasteiger partial charge is 0.338 e. The highest BCUT2D eigenvalue weighted by Crippen LogP contribution is 2.32. The molecule has 138 valence electrons. The van der Waals surface area contributed by atoms with E-state index in [9.17, 15) is 13.2 Å². The van der Waals surface area contributed by atoms with Crippen molar-refractivity contribution >= 4 is 12.4 Å². The number of alkyl halides is 3. The van der Waals surface area contributed by atoms with Crippen LogP contribution in [0.4, 0.5) is 13.2 Å². The SMILES string of the molecule is Cl.NC[C@@H]1CN(Cc2nc(CC(F)(F)F)no2)C[C@H]1c1ccccc1. The van der Waals surface area contributed by atoms with Crippen molar-refractivity contribution in [3.05, 3.63) is 47.6 Å². The monoisotopic (exact) mass is 376 g/mol. The molecule has 25 heavy (non-hydrogen) atoms. The molecule has 0 radical (unpaired) electrons. The molecule has 1 aromatic heterocycles. The maximum absolute atomic E-state index is 12.3. The zero-order valence-electron chi connectivity index (χ0n) is 13.4. The lowest BCUT2D eigenvalue weighted by atomic mass is 9.89. The van der Waals surface area contributed by atoms with Gasteiger partial charge in [-0.05, 0) is 18.0 Å². The molecule has 2 N–H and O–H groups in total. The third-order valence-corrected chi connectivity index (χ3v) is 4.27. The van der Waals surface area contributed by atoms with Gasteiger partial charge in [-0.1, -0.05) is 35.5 Å². The molecule has 0 aliphatic carbocycles. The molecular formula is C16H20ClF3N4O. The van der Waals surface area contributed by atoms with Crippen LogP contribution in [0.1, 0.15) is 23.2 Å². The Balaban J connectivity index is 0.00000225. The first-order valence-corrected chi connectivity index (χ1v) is 7.80. The minimum Gasteiger partial charge on any atom is -0.338 e. The van der Waals surface area contributed by atoms with E-state index in [4.69, 9.17) is 10.3 Å². The number of hydrogen-bond acceptors (Lipinski definition) is 5. The molecule has 5 nitrogen and oxygen atoms in total. The van der Waals surface area contributed by atoms with Crippen LogP contribution in [0.25, 0.3) is 0 Å². The first-order chi connectivity index (χ1) is 11.4. The van der Waals surface area contributed by atoms with Crippen LogP contribution in [0.15, 0.2) is 34.9 Å². The molecule has 3 rings (SSSR count). The van der Waals surface area contributed by atoms with Crippen molar-refractivity contribution in [1.82, 2.24) is 15.0 Å². The van der Waals surface area contributed by atoms with Crippen molar-refractivity contribution in [1.29, 1.82) is 0 Å². The number of benzene rings is 1. The van der Waals surface area contributed by atoms with Crippen molar-refractivity contribution < 1.29 is 17.7 Å². The number of nitrogens with two attached hydrogens (primary N) is 1. The molecule has 2 aromatic rings. The number of rotatable bonds is 5. The maximum Gasteiger partial charge on any atom is 0.396 e. The number of likely N-dealkylation sites (tertiary alicyclic amines) is 1. The van der Waals surface area contributed by atoms with Crippen LogP contribution in [0.2, 0.25) is 0 Å². The Kier molecular flexibility index (Phi) is 6.42. The van der Waals surface area contributed by atoms with Gasteiger partial charge in [0.05, 0.1) is 6.54 Å². The van der Waals surface area contributed by atoms with Crippen LogP contribution >= 0.6 is 12.4 Å². The zero-order valence-corrected chi connectivity index (χ0v) is 14.3. The summed E-state index contributed by atoms with van der Waals surface area (Å²) >= 11 is 0. The van der Waals surface area contributed by atoms with Gasteiger partial charge in [-0.15, -0.1) is 12.4 Å². The predicted molar refractivity (Wildman–Crippen MR) is 88.3 cm³/mol. The lowest BCUT2D eigenvalue weighted by Crippen LogP contribution is -2.23. The average molecular weight is 377 g/mol. The lowest BCUT2D eigenvalue weighted by Gasteiger charge is -2.16. The van der Waals surface area contributed by atoms with Crippen molar-refractivity contribution in [3.8, 4) is 0 Å².